The van der Waals surface area contributed by atoms with E-state index < -0.39 is 0 Å². The lowest BCUT2D eigenvalue weighted by Gasteiger charge is -2.44. The molecule has 3 aliphatic rings. The van der Waals surface area contributed by atoms with Gasteiger partial charge in [-0.05, 0) is 47.4 Å². The van der Waals surface area contributed by atoms with Crippen LogP contribution in [0.25, 0.3) is 21.5 Å². The quantitative estimate of drug-likeness (QED) is 0.440. The van der Waals surface area contributed by atoms with E-state index >= 15 is 0 Å². The van der Waals surface area contributed by atoms with Gasteiger partial charge in [0.2, 0.25) is 0 Å². The first-order valence-corrected chi connectivity index (χ1v) is 10.5. The molecule has 0 amide bonds. The normalized spacial score (nSPS) is 34.1. The molecule has 2 saturated heterocycles. The Bertz CT molecular complexity index is 953. The van der Waals surface area contributed by atoms with Gasteiger partial charge in [0.25, 0.3) is 0 Å². The average Bonchev–Trinajstić information content (AvgIpc) is 3.25. The SMILES string of the molecule is CC12[C@@H]3CC[C@H]1CC[N+]2(Cc1c2ccccc2cc2ccccc12)CC3.[Br-]. The number of rotatable bonds is 2. The van der Waals surface area contributed by atoms with Crippen LogP contribution in [0.2, 0.25) is 0 Å². The van der Waals surface area contributed by atoms with Gasteiger partial charge in [0.05, 0.1) is 13.1 Å². The highest BCUT2D eigenvalue weighted by Gasteiger charge is 2.67. The fourth-order valence-corrected chi connectivity index (χ4v) is 7.28. The van der Waals surface area contributed by atoms with Gasteiger partial charge in [0.15, 0.2) is 0 Å². The molecule has 0 radical (unpaired) electrons. The molecule has 0 N–H and O–H groups in total. The zero-order valence-electron chi connectivity index (χ0n) is 16.1. The van der Waals surface area contributed by atoms with Gasteiger partial charge in [0, 0.05) is 30.2 Å². The molecular weight excluding hydrogens is 394 g/mol. The van der Waals surface area contributed by atoms with Crippen molar-refractivity contribution in [2.45, 2.75) is 44.7 Å². The molecule has 140 valence electrons. The Balaban J connectivity index is 0.00000160. The first-order valence-electron chi connectivity index (χ1n) is 10.5. The van der Waals surface area contributed by atoms with Crippen LogP contribution in [0.4, 0.5) is 0 Å². The third-order valence-electron chi connectivity index (χ3n) is 8.69. The molecule has 1 saturated carbocycles. The second-order valence-corrected chi connectivity index (χ2v) is 9.32. The average molecular weight is 422 g/mol. The molecule has 6 rings (SSSR count). The molecule has 1 aliphatic carbocycles. The number of benzene rings is 3. The molecule has 0 bridgehead atoms. The van der Waals surface area contributed by atoms with Crippen LogP contribution in [-0.2, 0) is 6.54 Å². The molecule has 2 heterocycles. The van der Waals surface area contributed by atoms with Gasteiger partial charge >= 0.3 is 0 Å². The predicted octanol–water partition coefficient (Wildman–Crippen LogP) is 2.91. The van der Waals surface area contributed by atoms with Crippen LogP contribution in [0.5, 0.6) is 0 Å². The molecule has 4 atom stereocenters. The number of fused-ring (bicyclic) bond motifs is 2. The molecule has 3 aromatic rings. The van der Waals surface area contributed by atoms with Crippen molar-refractivity contribution in [3.63, 3.8) is 0 Å². The largest absolute Gasteiger partial charge is 1.00 e. The minimum Gasteiger partial charge on any atom is -1.00 e. The lowest BCUT2D eigenvalue weighted by atomic mass is 9.83. The van der Waals surface area contributed by atoms with Crippen LogP contribution in [0.15, 0.2) is 54.6 Å². The van der Waals surface area contributed by atoms with Crippen molar-refractivity contribution < 1.29 is 21.5 Å². The summed E-state index contributed by atoms with van der Waals surface area (Å²) in [5, 5.41) is 5.77. The Labute approximate surface area is 172 Å². The Morgan fingerprint density at radius 1 is 0.815 bits per heavy atom. The standard InChI is InChI=1S/C25H28N.BrH/c1-25-20-10-11-21(25)13-15-26(25,14-12-20)17-24-22-8-4-2-6-18(22)16-19-7-3-5-9-23(19)24;/h2-9,16,20-21H,10-15,17H2,1H3;1H/q+1;/p-1/t20-,21+,25?,26?;. The monoisotopic (exact) mass is 421 g/mol. The first-order chi connectivity index (χ1) is 12.7. The molecular formula is C25H28BrN. The fourth-order valence-electron chi connectivity index (χ4n) is 7.28. The smallest absolute Gasteiger partial charge is 0.106 e. The fraction of sp³-hybridized carbons (Fsp3) is 0.440. The van der Waals surface area contributed by atoms with E-state index in [1.54, 1.807) is 5.56 Å². The summed E-state index contributed by atoms with van der Waals surface area (Å²) in [4.78, 5) is 0. The van der Waals surface area contributed by atoms with Crippen LogP contribution in [0.1, 0.15) is 38.2 Å². The highest BCUT2D eigenvalue weighted by molar-refractivity contribution is 6.02. The van der Waals surface area contributed by atoms with E-state index in [9.17, 15) is 0 Å². The maximum absolute atomic E-state index is 2.66. The van der Waals surface area contributed by atoms with Crippen LogP contribution in [0, 0.1) is 11.8 Å². The minimum absolute atomic E-state index is 0. The summed E-state index contributed by atoms with van der Waals surface area (Å²) >= 11 is 0. The molecule has 2 aliphatic heterocycles. The Hall–Kier alpha value is -1.38. The van der Waals surface area contributed by atoms with Crippen LogP contribution < -0.4 is 17.0 Å². The van der Waals surface area contributed by atoms with Crippen molar-refractivity contribution in [2.75, 3.05) is 13.1 Å². The highest BCUT2D eigenvalue weighted by Crippen LogP contribution is 2.60. The summed E-state index contributed by atoms with van der Waals surface area (Å²) in [5.41, 5.74) is 2.14. The molecule has 3 fully saturated rings. The third-order valence-corrected chi connectivity index (χ3v) is 8.69. The third kappa shape index (κ3) is 2.20. The number of nitrogens with zero attached hydrogens (tertiary/aromatic N) is 1. The van der Waals surface area contributed by atoms with Crippen LogP contribution in [0.3, 0.4) is 0 Å². The highest BCUT2D eigenvalue weighted by atomic mass is 79.9. The van der Waals surface area contributed by atoms with E-state index in [4.69, 9.17) is 0 Å². The second kappa shape index (κ2) is 6.06. The van der Waals surface area contributed by atoms with Crippen LogP contribution >= 0.6 is 0 Å². The van der Waals surface area contributed by atoms with Crippen molar-refractivity contribution in [2.24, 2.45) is 11.8 Å². The topological polar surface area (TPSA) is 0 Å². The van der Waals surface area contributed by atoms with Crippen molar-refractivity contribution in [1.82, 2.24) is 0 Å². The molecule has 0 aromatic heterocycles. The summed E-state index contributed by atoms with van der Waals surface area (Å²) in [5.74, 6) is 1.94. The van der Waals surface area contributed by atoms with Gasteiger partial charge in [-0.15, -0.1) is 0 Å². The molecule has 1 nitrogen and oxygen atoms in total. The van der Waals surface area contributed by atoms with Gasteiger partial charge in [0.1, 0.15) is 12.1 Å². The van der Waals surface area contributed by atoms with Crippen molar-refractivity contribution in [3.8, 4) is 0 Å². The summed E-state index contributed by atoms with van der Waals surface area (Å²) < 4.78 is 1.36. The zero-order valence-corrected chi connectivity index (χ0v) is 17.7. The van der Waals surface area contributed by atoms with Crippen molar-refractivity contribution in [1.29, 1.82) is 0 Å². The lowest BCUT2D eigenvalue weighted by Crippen LogP contribution is -3.00. The van der Waals surface area contributed by atoms with E-state index in [-0.39, 0.29) is 17.0 Å². The lowest BCUT2D eigenvalue weighted by molar-refractivity contribution is -0.965. The van der Waals surface area contributed by atoms with E-state index in [1.165, 1.54) is 71.3 Å². The Kier molecular flexibility index (Phi) is 3.97. The van der Waals surface area contributed by atoms with Crippen molar-refractivity contribution in [3.05, 3.63) is 60.2 Å². The zero-order chi connectivity index (χ0) is 17.4. The van der Waals surface area contributed by atoms with Crippen LogP contribution in [-0.4, -0.2) is 23.1 Å². The van der Waals surface area contributed by atoms with Gasteiger partial charge < -0.3 is 21.5 Å². The van der Waals surface area contributed by atoms with Gasteiger partial charge in [-0.1, -0.05) is 48.5 Å². The molecule has 27 heavy (non-hydrogen) atoms. The van der Waals surface area contributed by atoms with Crippen molar-refractivity contribution >= 4 is 21.5 Å². The summed E-state index contributed by atoms with van der Waals surface area (Å²) in [6.45, 7) is 6.68. The molecule has 2 unspecified atom stereocenters. The predicted molar refractivity (Wildman–Crippen MR) is 109 cm³/mol. The maximum Gasteiger partial charge on any atom is 0.106 e. The van der Waals surface area contributed by atoms with E-state index in [0.717, 1.165) is 11.8 Å². The maximum atomic E-state index is 2.66. The van der Waals surface area contributed by atoms with E-state index in [2.05, 4.69) is 61.5 Å². The van der Waals surface area contributed by atoms with Gasteiger partial charge in [-0.25, -0.2) is 0 Å². The van der Waals surface area contributed by atoms with E-state index in [1.807, 2.05) is 0 Å². The summed E-state index contributed by atoms with van der Waals surface area (Å²) in [7, 11) is 0. The summed E-state index contributed by atoms with van der Waals surface area (Å²) in [6.07, 6.45) is 5.88. The number of quaternary nitrogens is 1. The molecule has 3 aromatic carbocycles. The second-order valence-electron chi connectivity index (χ2n) is 9.32. The number of hydrogen-bond donors (Lipinski definition) is 0. The van der Waals surface area contributed by atoms with E-state index in [0.29, 0.717) is 5.54 Å². The number of hydrogen-bond acceptors (Lipinski definition) is 0. The Morgan fingerprint density at radius 3 is 1.89 bits per heavy atom. The molecule has 2 heteroatoms. The number of halogens is 1. The first kappa shape index (κ1) is 17.7. The van der Waals surface area contributed by atoms with Gasteiger partial charge in [-0.3, -0.25) is 0 Å². The minimum atomic E-state index is 0. The van der Waals surface area contributed by atoms with Gasteiger partial charge in [-0.2, -0.15) is 0 Å². The Morgan fingerprint density at radius 2 is 1.33 bits per heavy atom. The molecule has 0 spiro atoms. The summed E-state index contributed by atoms with van der Waals surface area (Å²) in [6, 6.07) is 20.5.